The van der Waals surface area contributed by atoms with E-state index in [0.717, 1.165) is 17.0 Å². The first-order valence-corrected chi connectivity index (χ1v) is 12.8. The first kappa shape index (κ1) is 22.4. The van der Waals surface area contributed by atoms with Gasteiger partial charge in [-0.15, -0.1) is 0 Å². The minimum atomic E-state index is -0.434. The normalized spacial score (nSPS) is 30.7. The lowest BCUT2D eigenvalue weighted by Gasteiger charge is -2.31. The van der Waals surface area contributed by atoms with Gasteiger partial charge in [-0.25, -0.2) is 5.01 Å². The monoisotopic (exact) mass is 598 g/mol. The number of halogens is 4. The standard InChI is InChI=1S/C23H18Br2Cl2N2O3/c24-19-15-9-16(20(19)25)18-17(15)22(31)29(23(18)32)28(10-11-1-5-13(26)6-2-11)21(30)12-3-7-14(27)8-4-12/h1-8,15-20H,9-10H2/t15-,16-,17-,18-,19-,20+/m1/s1. The molecular weight excluding hydrogens is 583 g/mol. The van der Waals surface area contributed by atoms with E-state index in [1.807, 2.05) is 0 Å². The molecule has 0 N–H and O–H groups in total. The molecule has 0 radical (unpaired) electrons. The first-order chi connectivity index (χ1) is 15.3. The first-order valence-electron chi connectivity index (χ1n) is 10.3. The molecule has 6 atom stereocenters. The summed E-state index contributed by atoms with van der Waals surface area (Å²) in [5.74, 6) is -1.71. The number of rotatable bonds is 4. The number of fused-ring (bicyclic) bond motifs is 5. The molecule has 1 aliphatic heterocycles. The number of benzene rings is 2. The summed E-state index contributed by atoms with van der Waals surface area (Å²) < 4.78 is 0. The van der Waals surface area contributed by atoms with Crippen LogP contribution in [0.2, 0.25) is 10.0 Å². The van der Waals surface area contributed by atoms with Crippen LogP contribution in [0.5, 0.6) is 0 Å². The molecule has 32 heavy (non-hydrogen) atoms. The Bertz CT molecular complexity index is 1060. The quantitative estimate of drug-likeness (QED) is 0.352. The lowest BCUT2D eigenvalue weighted by Crippen LogP contribution is -2.50. The minimum absolute atomic E-state index is 0.0684. The van der Waals surface area contributed by atoms with Crippen LogP contribution in [0, 0.1) is 23.7 Å². The molecule has 2 bridgehead atoms. The summed E-state index contributed by atoms with van der Waals surface area (Å²) in [7, 11) is 0. The number of carbonyl (C=O) groups is 3. The molecule has 3 amide bonds. The van der Waals surface area contributed by atoms with E-state index < -0.39 is 17.7 Å². The highest BCUT2D eigenvalue weighted by Crippen LogP contribution is 2.60. The number of imide groups is 1. The van der Waals surface area contributed by atoms with Crippen LogP contribution < -0.4 is 0 Å². The van der Waals surface area contributed by atoms with Crippen LogP contribution in [0.1, 0.15) is 22.3 Å². The van der Waals surface area contributed by atoms with Crippen molar-refractivity contribution in [1.29, 1.82) is 0 Å². The maximum absolute atomic E-state index is 13.5. The Kier molecular flexibility index (Phi) is 5.89. The Morgan fingerprint density at radius 3 is 1.84 bits per heavy atom. The average molecular weight is 601 g/mol. The van der Waals surface area contributed by atoms with E-state index in [4.69, 9.17) is 23.2 Å². The summed E-state index contributed by atoms with van der Waals surface area (Å²) in [5, 5.41) is 3.42. The number of alkyl halides is 2. The van der Waals surface area contributed by atoms with Crippen LogP contribution in [0.15, 0.2) is 48.5 Å². The van der Waals surface area contributed by atoms with Crippen molar-refractivity contribution in [2.75, 3.05) is 0 Å². The van der Waals surface area contributed by atoms with E-state index in [1.165, 1.54) is 5.01 Å². The molecule has 5 nitrogen and oxygen atoms in total. The van der Waals surface area contributed by atoms with Gasteiger partial charge in [-0.1, -0.05) is 67.2 Å². The molecule has 2 aliphatic carbocycles. The molecule has 9 heteroatoms. The fourth-order valence-electron chi connectivity index (χ4n) is 5.31. The highest BCUT2D eigenvalue weighted by atomic mass is 79.9. The topological polar surface area (TPSA) is 57.7 Å². The van der Waals surface area contributed by atoms with Crippen molar-refractivity contribution >= 4 is 72.8 Å². The van der Waals surface area contributed by atoms with Gasteiger partial charge in [0.1, 0.15) is 0 Å². The van der Waals surface area contributed by atoms with Crippen molar-refractivity contribution < 1.29 is 14.4 Å². The van der Waals surface area contributed by atoms with Crippen LogP contribution in [-0.2, 0) is 16.1 Å². The zero-order chi connectivity index (χ0) is 22.7. The molecule has 1 heterocycles. The lowest BCUT2D eigenvalue weighted by atomic mass is 9.81. The maximum Gasteiger partial charge on any atom is 0.273 e. The van der Waals surface area contributed by atoms with Gasteiger partial charge in [-0.2, -0.15) is 5.01 Å². The van der Waals surface area contributed by atoms with E-state index in [9.17, 15) is 14.4 Å². The summed E-state index contributed by atoms with van der Waals surface area (Å²) >= 11 is 19.4. The number of hydrogen-bond donors (Lipinski definition) is 0. The van der Waals surface area contributed by atoms with Gasteiger partial charge in [-0.05, 0) is 60.2 Å². The molecule has 1 saturated heterocycles. The molecule has 166 valence electrons. The van der Waals surface area contributed by atoms with Crippen molar-refractivity contribution in [3.63, 3.8) is 0 Å². The van der Waals surface area contributed by atoms with Crippen molar-refractivity contribution in [3.8, 4) is 0 Å². The summed E-state index contributed by atoms with van der Waals surface area (Å²) in [6.07, 6.45) is 0.828. The van der Waals surface area contributed by atoms with Crippen LogP contribution in [0.4, 0.5) is 0 Å². The van der Waals surface area contributed by atoms with Gasteiger partial charge in [0.2, 0.25) is 0 Å². The molecule has 3 aliphatic rings. The van der Waals surface area contributed by atoms with E-state index in [0.29, 0.717) is 15.6 Å². The second kappa shape index (κ2) is 8.42. The predicted octanol–water partition coefficient (Wildman–Crippen LogP) is 5.33. The second-order valence-electron chi connectivity index (χ2n) is 8.49. The van der Waals surface area contributed by atoms with Crippen molar-refractivity contribution in [1.82, 2.24) is 10.0 Å². The number of carbonyl (C=O) groups excluding carboxylic acids is 3. The summed E-state index contributed by atoms with van der Waals surface area (Å²) in [4.78, 5) is 40.9. The van der Waals surface area contributed by atoms with Crippen molar-refractivity contribution in [2.24, 2.45) is 23.7 Å². The third-order valence-electron chi connectivity index (χ3n) is 6.78. The number of hydrazine groups is 1. The molecule has 3 fully saturated rings. The van der Waals surface area contributed by atoms with E-state index >= 15 is 0 Å². The van der Waals surface area contributed by atoms with Gasteiger partial charge in [0.05, 0.1) is 18.4 Å². The van der Waals surface area contributed by atoms with Crippen molar-refractivity contribution in [2.45, 2.75) is 22.6 Å². The number of hydrogen-bond acceptors (Lipinski definition) is 3. The third kappa shape index (κ3) is 3.52. The Balaban J connectivity index is 1.52. The Labute approximate surface area is 212 Å². The molecule has 2 aromatic rings. The van der Waals surface area contributed by atoms with Gasteiger partial charge in [0.15, 0.2) is 0 Å². The van der Waals surface area contributed by atoms with Gasteiger partial charge < -0.3 is 0 Å². The highest BCUT2D eigenvalue weighted by molar-refractivity contribution is 9.12. The maximum atomic E-state index is 13.5. The highest BCUT2D eigenvalue weighted by Gasteiger charge is 2.67. The molecule has 0 unspecified atom stereocenters. The average Bonchev–Trinajstić information content (AvgIpc) is 3.39. The molecule has 0 spiro atoms. The summed E-state index contributed by atoms with van der Waals surface area (Å²) in [5.41, 5.74) is 1.11. The zero-order valence-electron chi connectivity index (χ0n) is 16.6. The van der Waals surface area contributed by atoms with Gasteiger partial charge in [-0.3, -0.25) is 14.4 Å². The fraction of sp³-hybridized carbons (Fsp3) is 0.348. The smallest absolute Gasteiger partial charge is 0.272 e. The third-order valence-corrected chi connectivity index (χ3v) is 10.5. The summed E-state index contributed by atoms with van der Waals surface area (Å²) in [6, 6.07) is 13.4. The summed E-state index contributed by atoms with van der Waals surface area (Å²) in [6.45, 7) is 0.0698. The fourth-order valence-corrected chi connectivity index (χ4v) is 7.43. The van der Waals surface area contributed by atoms with Gasteiger partial charge >= 0.3 is 0 Å². The molecule has 5 rings (SSSR count). The van der Waals surface area contributed by atoms with Crippen LogP contribution in [0.25, 0.3) is 0 Å². The van der Waals surface area contributed by atoms with Gasteiger partial charge in [0.25, 0.3) is 17.7 Å². The van der Waals surface area contributed by atoms with Crippen LogP contribution in [0.3, 0.4) is 0 Å². The van der Waals surface area contributed by atoms with Crippen molar-refractivity contribution in [3.05, 3.63) is 69.7 Å². The SMILES string of the molecule is O=C(c1ccc(Cl)cc1)N(Cc1ccc(Cl)cc1)N1C(=O)[C@@H]2[C@H]3C[C@@H]([C@@H](Br)[C@H]3Br)[C@H]2C1=O. The van der Waals surface area contributed by atoms with Crippen LogP contribution in [-0.4, -0.2) is 37.4 Å². The molecular formula is C23H18Br2Cl2N2O3. The Morgan fingerprint density at radius 2 is 1.34 bits per heavy atom. The van der Waals surface area contributed by atoms with Gasteiger partial charge in [0, 0.05) is 25.3 Å². The number of nitrogens with zero attached hydrogens (tertiary/aromatic N) is 2. The number of amides is 3. The molecule has 2 aromatic carbocycles. The molecule has 0 aromatic heterocycles. The van der Waals surface area contributed by atoms with E-state index in [1.54, 1.807) is 48.5 Å². The zero-order valence-corrected chi connectivity index (χ0v) is 21.3. The second-order valence-corrected chi connectivity index (χ2v) is 11.5. The Morgan fingerprint density at radius 1 is 0.875 bits per heavy atom. The largest absolute Gasteiger partial charge is 0.273 e. The Hall–Kier alpha value is -1.41. The van der Waals surface area contributed by atoms with Crippen LogP contribution >= 0.6 is 55.1 Å². The van der Waals surface area contributed by atoms with E-state index in [2.05, 4.69) is 31.9 Å². The van der Waals surface area contributed by atoms with E-state index in [-0.39, 0.29) is 39.8 Å². The molecule has 2 saturated carbocycles. The minimum Gasteiger partial charge on any atom is -0.272 e. The predicted molar refractivity (Wildman–Crippen MR) is 129 cm³/mol. The lowest BCUT2D eigenvalue weighted by molar-refractivity contribution is -0.156.